The van der Waals surface area contributed by atoms with Crippen LogP contribution in [0.15, 0.2) is 72.9 Å². The summed E-state index contributed by atoms with van der Waals surface area (Å²) in [6, 6.07) is 20.1. The van der Waals surface area contributed by atoms with Gasteiger partial charge in [-0.25, -0.2) is 19.2 Å². The van der Waals surface area contributed by atoms with Gasteiger partial charge in [0.2, 0.25) is 0 Å². The van der Waals surface area contributed by atoms with Crippen LogP contribution in [0.1, 0.15) is 53.6 Å². The molecule has 1 amide bonds. The highest BCUT2D eigenvalue weighted by Gasteiger charge is 2.41. The summed E-state index contributed by atoms with van der Waals surface area (Å²) in [5, 5.41) is 21.5. The average Bonchev–Trinajstić information content (AvgIpc) is 3.52. The SMILES string of the molecule is COc1ccc(CN(Cc2ccc(OC)cc2)c2cc(C)c(C(F)(F)F)c(-c3c(Cl)c4c5c(nc(OCC6(C#N)CCOCC6)nc5c3F)N([C@H](C)c3cccnc3NC(=O)O)CCO4)n2)cc1. The summed E-state index contributed by atoms with van der Waals surface area (Å²) in [4.78, 5) is 33.3. The minimum Gasteiger partial charge on any atom is -0.497 e. The summed E-state index contributed by atoms with van der Waals surface area (Å²) in [5.41, 5.74) is -2.59. The number of hydrogen-bond acceptors (Lipinski definition) is 13. The maximum Gasteiger partial charge on any atom is 0.418 e. The summed E-state index contributed by atoms with van der Waals surface area (Å²) in [6.07, 6.45) is -4.35. The van der Waals surface area contributed by atoms with Gasteiger partial charge in [0.05, 0.1) is 65.5 Å². The molecule has 2 aliphatic heterocycles. The molecule has 0 saturated carbocycles. The van der Waals surface area contributed by atoms with Gasteiger partial charge in [-0.3, -0.25) is 5.32 Å². The van der Waals surface area contributed by atoms with E-state index in [0.29, 0.717) is 43.1 Å². The van der Waals surface area contributed by atoms with Crippen molar-refractivity contribution in [3.05, 3.63) is 112 Å². The molecule has 0 unspecified atom stereocenters. The lowest BCUT2D eigenvalue weighted by molar-refractivity contribution is -0.137. The Morgan fingerprint density at radius 3 is 2.25 bits per heavy atom. The van der Waals surface area contributed by atoms with Crippen molar-refractivity contribution in [2.75, 3.05) is 62.3 Å². The lowest BCUT2D eigenvalue weighted by atomic mass is 9.83. The number of nitrogens with one attached hydrogen (secondary N) is 1. The molecule has 1 fully saturated rings. The quantitative estimate of drug-likeness (QED) is 0.0986. The largest absolute Gasteiger partial charge is 0.497 e. The molecule has 2 aliphatic rings. The molecule has 15 nitrogen and oxygen atoms in total. The van der Waals surface area contributed by atoms with Crippen molar-refractivity contribution in [2.24, 2.45) is 5.41 Å². The smallest absolute Gasteiger partial charge is 0.418 e. The van der Waals surface area contributed by atoms with Gasteiger partial charge < -0.3 is 38.6 Å². The van der Waals surface area contributed by atoms with Crippen LogP contribution in [-0.2, 0) is 24.0 Å². The maximum absolute atomic E-state index is 18.0. The van der Waals surface area contributed by atoms with Gasteiger partial charge in [0.15, 0.2) is 11.6 Å². The summed E-state index contributed by atoms with van der Waals surface area (Å²) >= 11 is 7.15. The Bertz CT molecular complexity index is 2830. The Kier molecular flexibility index (Phi) is 13.6. The van der Waals surface area contributed by atoms with E-state index in [1.54, 1.807) is 53.1 Å². The summed E-state index contributed by atoms with van der Waals surface area (Å²) < 4.78 is 93.0. The maximum atomic E-state index is 18.0. The number of aromatic nitrogens is 4. The first kappa shape index (κ1) is 47.3. The average molecular weight is 957 g/mol. The first-order valence-corrected chi connectivity index (χ1v) is 21.8. The molecule has 5 heterocycles. The van der Waals surface area contributed by atoms with E-state index in [4.69, 9.17) is 40.3 Å². The van der Waals surface area contributed by atoms with E-state index in [0.717, 1.165) is 11.1 Å². The van der Waals surface area contributed by atoms with Crippen LogP contribution in [-0.4, -0.2) is 78.3 Å². The highest BCUT2D eigenvalue weighted by molar-refractivity contribution is 6.36. The standard InChI is InChI=1S/C48H45ClF4N8O7/c1-27-22-34(60(23-29-7-11-31(64-3)12-8-29)24-30-9-13-32(65-4)14-10-30)56-40(37(27)48(51,52)53)35-38(49)42-36-41(39(35)50)57-45(68-26-47(25-54)15-19-66-20-16-47)59-44(36)61(18-21-67-42)28(2)33-6-5-17-55-43(33)58-46(62)63/h5-14,17,22,28H,15-16,18-21,23-24,26H2,1-4H3,(H,55,58)(H,62,63)/t28-/m1/s1. The van der Waals surface area contributed by atoms with Crippen molar-refractivity contribution in [1.82, 2.24) is 19.9 Å². The molecule has 3 aromatic heterocycles. The molecule has 0 radical (unpaired) electrons. The fourth-order valence-electron chi connectivity index (χ4n) is 8.44. The third-order valence-electron chi connectivity index (χ3n) is 12.1. The molecule has 3 aromatic carbocycles. The molecule has 354 valence electrons. The van der Waals surface area contributed by atoms with Crippen LogP contribution in [0.4, 0.5) is 39.8 Å². The summed E-state index contributed by atoms with van der Waals surface area (Å²) in [7, 11) is 3.07. The Balaban J connectivity index is 1.34. The molecule has 68 heavy (non-hydrogen) atoms. The molecule has 8 rings (SSSR count). The number of pyridine rings is 2. The number of hydrogen-bond donors (Lipinski definition) is 2. The zero-order valence-corrected chi connectivity index (χ0v) is 38.0. The number of nitrogens with zero attached hydrogens (tertiary/aromatic N) is 7. The summed E-state index contributed by atoms with van der Waals surface area (Å²) in [5.74, 6) is -0.174. The van der Waals surface area contributed by atoms with Crippen molar-refractivity contribution >= 4 is 46.1 Å². The minimum absolute atomic E-state index is 0.0135. The van der Waals surface area contributed by atoms with Crippen molar-refractivity contribution < 1.29 is 51.1 Å². The molecule has 6 aromatic rings. The first-order chi connectivity index (χ1) is 32.6. The Morgan fingerprint density at radius 1 is 1.01 bits per heavy atom. The zero-order valence-electron chi connectivity index (χ0n) is 37.3. The number of aryl methyl sites for hydroxylation is 1. The lowest BCUT2D eigenvalue weighted by Gasteiger charge is -2.31. The molecule has 1 saturated heterocycles. The number of anilines is 3. The van der Waals surface area contributed by atoms with Crippen LogP contribution < -0.4 is 34.1 Å². The number of rotatable bonds is 14. The molecular weight excluding hydrogens is 912 g/mol. The fraction of sp³-hybridized carbons (Fsp3) is 0.333. The van der Waals surface area contributed by atoms with E-state index >= 15 is 17.6 Å². The predicted octanol–water partition coefficient (Wildman–Crippen LogP) is 10.2. The number of ether oxygens (including phenoxy) is 5. The van der Waals surface area contributed by atoms with Crippen LogP contribution >= 0.6 is 11.6 Å². The van der Waals surface area contributed by atoms with Gasteiger partial charge in [-0.05, 0) is 79.8 Å². The topological polar surface area (TPSA) is 177 Å². The van der Waals surface area contributed by atoms with E-state index in [1.165, 1.54) is 33.4 Å². The molecule has 0 spiro atoms. The van der Waals surface area contributed by atoms with Crippen LogP contribution in [0.5, 0.6) is 23.3 Å². The Labute approximate surface area is 393 Å². The van der Waals surface area contributed by atoms with Crippen molar-refractivity contribution in [3.8, 4) is 40.6 Å². The fourth-order valence-corrected chi connectivity index (χ4v) is 8.76. The molecule has 2 N–H and O–H groups in total. The van der Waals surface area contributed by atoms with Crippen molar-refractivity contribution in [2.45, 2.75) is 52.0 Å². The van der Waals surface area contributed by atoms with Gasteiger partial charge in [0.25, 0.3) is 0 Å². The van der Waals surface area contributed by atoms with Gasteiger partial charge in [0.1, 0.15) is 47.7 Å². The van der Waals surface area contributed by atoms with Crippen LogP contribution in [0, 0.1) is 29.5 Å². The third kappa shape index (κ3) is 9.64. The number of alkyl halides is 3. The number of amides is 1. The zero-order chi connectivity index (χ0) is 48.3. The minimum atomic E-state index is -5.06. The number of halogens is 5. The van der Waals surface area contributed by atoms with Crippen LogP contribution in [0.2, 0.25) is 5.02 Å². The van der Waals surface area contributed by atoms with Gasteiger partial charge in [-0.2, -0.15) is 28.4 Å². The number of benzene rings is 3. The van der Waals surface area contributed by atoms with Gasteiger partial charge >= 0.3 is 18.3 Å². The van der Waals surface area contributed by atoms with E-state index in [9.17, 15) is 15.2 Å². The van der Waals surface area contributed by atoms with Crippen molar-refractivity contribution in [3.63, 3.8) is 0 Å². The van der Waals surface area contributed by atoms with E-state index in [-0.39, 0.29) is 73.0 Å². The van der Waals surface area contributed by atoms with Gasteiger partial charge in [-0.15, -0.1) is 0 Å². The number of carbonyl (C=O) groups is 1. The number of methoxy groups -OCH3 is 2. The molecular formula is C48H45ClF4N8O7. The highest BCUT2D eigenvalue weighted by atomic mass is 35.5. The monoisotopic (exact) mass is 956 g/mol. The first-order valence-electron chi connectivity index (χ1n) is 21.4. The molecule has 1 atom stereocenters. The molecule has 20 heteroatoms. The van der Waals surface area contributed by atoms with Gasteiger partial charge in [0, 0.05) is 38.1 Å². The Morgan fingerprint density at radius 2 is 1.66 bits per heavy atom. The third-order valence-corrected chi connectivity index (χ3v) is 12.4. The van der Waals surface area contributed by atoms with Gasteiger partial charge in [-0.1, -0.05) is 41.9 Å². The molecule has 0 bridgehead atoms. The highest BCUT2D eigenvalue weighted by Crippen LogP contribution is 2.51. The second kappa shape index (κ2) is 19.6. The van der Waals surface area contributed by atoms with E-state index in [1.807, 2.05) is 24.3 Å². The number of nitriles is 1. The Hall–Kier alpha value is -7.17. The predicted molar refractivity (Wildman–Crippen MR) is 244 cm³/mol. The van der Waals surface area contributed by atoms with Crippen molar-refractivity contribution in [1.29, 1.82) is 5.26 Å². The summed E-state index contributed by atoms with van der Waals surface area (Å²) in [6.45, 7) is 3.60. The normalized spacial score (nSPS) is 14.9. The second-order valence-electron chi connectivity index (χ2n) is 16.3. The molecule has 0 aliphatic carbocycles. The van der Waals surface area contributed by atoms with E-state index in [2.05, 4.69) is 26.3 Å². The second-order valence-corrected chi connectivity index (χ2v) is 16.7. The van der Waals surface area contributed by atoms with Crippen LogP contribution in [0.3, 0.4) is 0 Å². The lowest BCUT2D eigenvalue weighted by Crippen LogP contribution is -2.34. The van der Waals surface area contributed by atoms with Crippen LogP contribution in [0.25, 0.3) is 22.2 Å². The van der Waals surface area contributed by atoms with E-state index < -0.39 is 56.9 Å². The number of carboxylic acid groups (broad SMARTS) is 1.